The predicted octanol–water partition coefficient (Wildman–Crippen LogP) is 1.76. The number of hydrogen-bond acceptors (Lipinski definition) is 5. The molecule has 10 heteroatoms. The Balaban J connectivity index is 4.87. The van der Waals surface area contributed by atoms with Crippen molar-refractivity contribution in [3.63, 3.8) is 0 Å². The molecule has 0 N–H and O–H groups in total. The zero-order valence-corrected chi connectivity index (χ0v) is 13.0. The van der Waals surface area contributed by atoms with E-state index in [0.717, 1.165) is 4.90 Å². The third-order valence-corrected chi connectivity index (χ3v) is 2.86. The van der Waals surface area contributed by atoms with Crippen LogP contribution in [0.2, 0.25) is 0 Å². The number of carbonyl (C=O) groups is 2. The van der Waals surface area contributed by atoms with Gasteiger partial charge in [0.05, 0.1) is 6.61 Å². The number of likely N-dealkylation sites (N-methyl/N-ethyl adjacent to an activating group) is 1. The molecule has 0 rings (SSSR count). The normalized spacial score (nSPS) is 12.4. The van der Waals surface area contributed by atoms with Crippen LogP contribution >= 0.6 is 0 Å². The van der Waals surface area contributed by atoms with Crippen molar-refractivity contribution < 1.29 is 36.6 Å². The van der Waals surface area contributed by atoms with Crippen LogP contribution in [0.4, 0.5) is 17.6 Å². The van der Waals surface area contributed by atoms with Crippen molar-refractivity contribution in [3.8, 4) is 6.07 Å². The minimum absolute atomic E-state index is 0.00474. The van der Waals surface area contributed by atoms with Crippen LogP contribution in [0.1, 0.15) is 12.8 Å². The zero-order chi connectivity index (χ0) is 18.8. The maximum atomic E-state index is 12.8. The lowest BCUT2D eigenvalue weighted by molar-refractivity contribution is -0.175. The first-order chi connectivity index (χ1) is 11.2. The van der Waals surface area contributed by atoms with Crippen LogP contribution in [0.25, 0.3) is 0 Å². The van der Waals surface area contributed by atoms with Crippen LogP contribution in [0.5, 0.6) is 0 Å². The molecule has 6 nitrogen and oxygen atoms in total. The smallest absolute Gasteiger partial charge is 0.332 e. The molecule has 0 aromatic heterocycles. The number of allylic oxidation sites excluding steroid dienone is 1. The molecule has 1 unspecified atom stereocenters. The summed E-state index contributed by atoms with van der Waals surface area (Å²) >= 11 is 0. The Hall–Kier alpha value is -2.15. The van der Waals surface area contributed by atoms with E-state index in [1.165, 1.54) is 19.2 Å². The Morgan fingerprint density at radius 3 is 2.54 bits per heavy atom. The number of rotatable bonds is 11. The van der Waals surface area contributed by atoms with E-state index in [4.69, 9.17) is 5.26 Å². The van der Waals surface area contributed by atoms with Gasteiger partial charge in [0.15, 0.2) is 12.6 Å². The summed E-state index contributed by atoms with van der Waals surface area (Å²) in [6.07, 6.45) is -2.15. The fraction of sp³-hybridized carbons (Fsp3) is 0.643. The number of nitriles is 1. The Morgan fingerprint density at radius 1 is 1.42 bits per heavy atom. The summed E-state index contributed by atoms with van der Waals surface area (Å²) in [6, 6.07) is 0.0908. The highest BCUT2D eigenvalue weighted by molar-refractivity contribution is 5.84. The monoisotopic (exact) mass is 354 g/mol. The van der Waals surface area contributed by atoms with Gasteiger partial charge in [0.1, 0.15) is 12.7 Å². The summed E-state index contributed by atoms with van der Waals surface area (Å²) in [7, 11) is 1.21. The number of alkyl halides is 4. The van der Waals surface area contributed by atoms with Gasteiger partial charge in [-0.1, -0.05) is 6.08 Å². The van der Waals surface area contributed by atoms with E-state index >= 15 is 0 Å². The third-order valence-electron chi connectivity index (χ3n) is 2.86. The van der Waals surface area contributed by atoms with Gasteiger partial charge >= 0.3 is 18.3 Å². The Labute approximate surface area is 136 Å². The van der Waals surface area contributed by atoms with Crippen molar-refractivity contribution in [2.45, 2.75) is 31.2 Å². The molecule has 1 atom stereocenters. The number of ether oxygens (including phenoxy) is 2. The second-order valence-electron chi connectivity index (χ2n) is 4.69. The molecule has 0 heterocycles. The van der Waals surface area contributed by atoms with E-state index in [2.05, 4.69) is 16.1 Å². The van der Waals surface area contributed by atoms with Gasteiger partial charge in [-0.15, -0.1) is 6.58 Å². The highest BCUT2D eigenvalue weighted by Gasteiger charge is 2.41. The number of esters is 1. The van der Waals surface area contributed by atoms with Crippen LogP contribution in [-0.4, -0.2) is 62.0 Å². The maximum absolute atomic E-state index is 12.8. The van der Waals surface area contributed by atoms with Crippen molar-refractivity contribution in [3.05, 3.63) is 12.7 Å². The number of carbonyl (C=O) groups excluding carboxylic acids is 2. The van der Waals surface area contributed by atoms with E-state index in [9.17, 15) is 27.2 Å². The minimum atomic E-state index is -4.38. The first kappa shape index (κ1) is 21.9. The quantitative estimate of drug-likeness (QED) is 0.321. The van der Waals surface area contributed by atoms with Crippen LogP contribution in [0.3, 0.4) is 0 Å². The van der Waals surface area contributed by atoms with Crippen molar-refractivity contribution in [2.75, 3.05) is 26.9 Å². The van der Waals surface area contributed by atoms with Crippen molar-refractivity contribution in [1.82, 2.24) is 4.90 Å². The summed E-state index contributed by atoms with van der Waals surface area (Å²) in [4.78, 5) is 24.6. The lowest BCUT2D eigenvalue weighted by atomic mass is 10.2. The fourth-order valence-electron chi connectivity index (χ4n) is 1.48. The van der Waals surface area contributed by atoms with Crippen LogP contribution in [-0.2, 0) is 19.1 Å². The molecule has 0 aliphatic carbocycles. The second-order valence-corrected chi connectivity index (χ2v) is 4.69. The predicted molar refractivity (Wildman–Crippen MR) is 74.3 cm³/mol. The molecule has 1 amide bonds. The highest BCUT2D eigenvalue weighted by Crippen LogP contribution is 2.23. The number of hydrogen-bond donors (Lipinski definition) is 0. The van der Waals surface area contributed by atoms with E-state index in [1.54, 1.807) is 0 Å². The molecule has 0 fully saturated rings. The van der Waals surface area contributed by atoms with E-state index in [-0.39, 0.29) is 6.42 Å². The standard InChI is InChI=1S/C14H18F4N2O4/c1-3-4-5-11(21)20(2)10(12(22)24-7-6-19)8-23-9-14(17,18)13(15)16/h3,10,13H,1,4-5,7-9H2,2H3. The van der Waals surface area contributed by atoms with Gasteiger partial charge in [0, 0.05) is 13.5 Å². The van der Waals surface area contributed by atoms with E-state index in [1.807, 2.05) is 0 Å². The number of nitrogens with zero attached hydrogens (tertiary/aromatic N) is 2. The average molecular weight is 354 g/mol. The van der Waals surface area contributed by atoms with Gasteiger partial charge in [-0.25, -0.2) is 13.6 Å². The largest absolute Gasteiger partial charge is 0.449 e. The lowest BCUT2D eigenvalue weighted by Gasteiger charge is -2.27. The van der Waals surface area contributed by atoms with Crippen molar-refractivity contribution in [1.29, 1.82) is 5.26 Å². The summed E-state index contributed by atoms with van der Waals surface area (Å²) < 4.78 is 58.7. The third kappa shape index (κ3) is 7.41. The molecule has 24 heavy (non-hydrogen) atoms. The van der Waals surface area contributed by atoms with Crippen LogP contribution in [0, 0.1) is 11.3 Å². The molecular weight excluding hydrogens is 336 g/mol. The van der Waals surface area contributed by atoms with Gasteiger partial charge in [-0.3, -0.25) is 4.79 Å². The molecule has 0 aromatic rings. The molecule has 0 saturated carbocycles. The van der Waals surface area contributed by atoms with Gasteiger partial charge in [0.25, 0.3) is 0 Å². The molecule has 0 bridgehead atoms. The van der Waals surface area contributed by atoms with Gasteiger partial charge < -0.3 is 14.4 Å². The summed E-state index contributed by atoms with van der Waals surface area (Å²) in [5, 5.41) is 8.37. The second kappa shape index (κ2) is 10.6. The lowest BCUT2D eigenvalue weighted by Crippen LogP contribution is -2.47. The molecule has 136 valence electrons. The number of amides is 1. The Kier molecular flexibility index (Phi) is 9.64. The molecule has 0 spiro atoms. The SMILES string of the molecule is C=CCCC(=O)N(C)C(COCC(F)(F)C(F)F)C(=O)OCC#N. The first-order valence-electron chi connectivity index (χ1n) is 6.81. The number of halogens is 4. The molecule has 0 radical (unpaired) electrons. The van der Waals surface area contributed by atoms with Crippen LogP contribution in [0.15, 0.2) is 12.7 Å². The fourth-order valence-corrected chi connectivity index (χ4v) is 1.48. The van der Waals surface area contributed by atoms with Crippen molar-refractivity contribution >= 4 is 11.9 Å². The topological polar surface area (TPSA) is 79.6 Å². The molecule has 0 aliphatic rings. The molecule has 0 aromatic carbocycles. The average Bonchev–Trinajstić information content (AvgIpc) is 2.53. The summed E-state index contributed by atoms with van der Waals surface area (Å²) in [5.41, 5.74) is 0. The highest BCUT2D eigenvalue weighted by atomic mass is 19.3. The summed E-state index contributed by atoms with van der Waals surface area (Å²) in [5.74, 6) is -5.98. The molecule has 0 saturated heterocycles. The van der Waals surface area contributed by atoms with E-state index in [0.29, 0.717) is 6.42 Å². The Bertz CT molecular complexity index is 480. The first-order valence-corrected chi connectivity index (χ1v) is 6.81. The van der Waals surface area contributed by atoms with Gasteiger partial charge in [0.2, 0.25) is 5.91 Å². The minimum Gasteiger partial charge on any atom is -0.449 e. The van der Waals surface area contributed by atoms with Crippen molar-refractivity contribution in [2.24, 2.45) is 0 Å². The molecular formula is C14H18F4N2O4. The zero-order valence-electron chi connectivity index (χ0n) is 13.0. The molecule has 0 aliphatic heterocycles. The van der Waals surface area contributed by atoms with E-state index < -0.39 is 50.1 Å². The van der Waals surface area contributed by atoms with Gasteiger partial charge in [-0.05, 0) is 6.42 Å². The van der Waals surface area contributed by atoms with Gasteiger partial charge in [-0.2, -0.15) is 14.0 Å². The summed E-state index contributed by atoms with van der Waals surface area (Å²) in [6.45, 7) is 0.416. The van der Waals surface area contributed by atoms with Crippen LogP contribution < -0.4 is 0 Å². The maximum Gasteiger partial charge on any atom is 0.332 e. The Morgan fingerprint density at radius 2 is 2.04 bits per heavy atom.